The summed E-state index contributed by atoms with van der Waals surface area (Å²) in [4.78, 5) is 5.34. The number of imidazole rings is 1. The summed E-state index contributed by atoms with van der Waals surface area (Å²) in [6, 6.07) is 49.6. The second-order valence-electron chi connectivity index (χ2n) is 17.7. The average Bonchev–Trinajstić information content (AvgIpc) is 3.61. The van der Waals surface area contributed by atoms with Crippen LogP contribution in [-0.2, 0) is 5.21 Å². The predicted molar refractivity (Wildman–Crippen MR) is 278 cm³/mol. The van der Waals surface area contributed by atoms with Crippen LogP contribution in [0.3, 0.4) is 0 Å². The number of para-hydroxylation sites is 2. The van der Waals surface area contributed by atoms with E-state index in [2.05, 4.69) is 216 Å². The van der Waals surface area contributed by atoms with Crippen molar-refractivity contribution in [2.24, 2.45) is 0 Å². The van der Waals surface area contributed by atoms with Crippen molar-refractivity contribution in [2.75, 3.05) is 0 Å². The van der Waals surface area contributed by atoms with E-state index in [1.807, 2.05) is 0 Å². The Morgan fingerprint density at radius 2 is 0.842 bits per heavy atom. The second kappa shape index (κ2) is 13.7. The predicted octanol–water partition coefficient (Wildman–Crippen LogP) is -1.83. The minimum Gasteiger partial charge on any atom is -0.296 e. The van der Waals surface area contributed by atoms with Crippen molar-refractivity contribution in [1.29, 1.82) is 0 Å². The maximum atomic E-state index is 5.34. The Labute approximate surface area is 345 Å². The maximum Gasteiger partial charge on any atom is 0.139 e. The van der Waals surface area contributed by atoms with E-state index in [4.69, 9.17) is 4.98 Å². The number of rotatable bonds is 6. The molecule has 262 valence electrons. The SMILES string of the molecule is Bc1c(B)c(B)c(-c2ccc(-c3c4ccccc4c(-c4ccc(-n5c(C(B)(B)C(B)(B)B)nc6ccccc65)c5ccccc45)c4ccccc34)cc2)c(B)c1B. The quantitative estimate of drug-likeness (QED) is 0.146. The lowest BCUT2D eigenvalue weighted by molar-refractivity contribution is 0.758. The molecule has 9 rings (SSSR count). The van der Waals surface area contributed by atoms with Crippen molar-refractivity contribution in [1.82, 2.24) is 9.55 Å². The third-order valence-corrected chi connectivity index (χ3v) is 13.8. The average molecular weight is 719 g/mol. The van der Waals surface area contributed by atoms with E-state index in [0.717, 1.165) is 22.5 Å². The molecule has 0 atom stereocenters. The Balaban J connectivity index is 1.28. The van der Waals surface area contributed by atoms with Crippen LogP contribution in [0, 0.1) is 0 Å². The Morgan fingerprint density at radius 3 is 1.39 bits per heavy atom. The maximum absolute atomic E-state index is 5.34. The highest BCUT2D eigenvalue weighted by Gasteiger charge is 2.38. The fourth-order valence-electron chi connectivity index (χ4n) is 9.19. The van der Waals surface area contributed by atoms with Crippen LogP contribution in [0.1, 0.15) is 5.82 Å². The molecule has 12 heteroatoms. The fraction of sp³-hybridized carbons (Fsp3) is 0.0444. The topological polar surface area (TPSA) is 17.8 Å². The zero-order valence-corrected chi connectivity index (χ0v) is 35.1. The molecule has 0 spiro atoms. The van der Waals surface area contributed by atoms with Crippen LogP contribution in [0.2, 0.25) is 5.11 Å². The zero-order valence-electron chi connectivity index (χ0n) is 35.1. The van der Waals surface area contributed by atoms with Gasteiger partial charge in [0.25, 0.3) is 0 Å². The van der Waals surface area contributed by atoms with E-state index < -0.39 is 0 Å². The highest BCUT2D eigenvalue weighted by atomic mass is 15.1. The minimum absolute atomic E-state index is 0.0155. The molecule has 0 bridgehead atoms. The molecule has 0 fully saturated rings. The number of fused-ring (bicyclic) bond motifs is 4. The largest absolute Gasteiger partial charge is 0.296 e. The first-order chi connectivity index (χ1) is 27.3. The Morgan fingerprint density at radius 1 is 0.404 bits per heavy atom. The van der Waals surface area contributed by atoms with Gasteiger partial charge in [-0.25, -0.2) is 4.98 Å². The molecule has 0 radical (unpaired) electrons. The van der Waals surface area contributed by atoms with Crippen molar-refractivity contribution in [2.45, 2.75) is 10.3 Å². The molecule has 0 saturated carbocycles. The van der Waals surface area contributed by atoms with E-state index in [1.165, 1.54) is 93.0 Å². The van der Waals surface area contributed by atoms with Gasteiger partial charge in [0.1, 0.15) is 60.7 Å². The molecule has 1 heterocycles. The van der Waals surface area contributed by atoms with E-state index >= 15 is 0 Å². The van der Waals surface area contributed by atoms with Crippen molar-refractivity contribution >= 4 is 149 Å². The number of nitrogens with zero attached hydrogens (tertiary/aromatic N) is 2. The Kier molecular flexibility index (Phi) is 8.92. The van der Waals surface area contributed by atoms with E-state index in [0.29, 0.717) is 0 Å². The summed E-state index contributed by atoms with van der Waals surface area (Å²) >= 11 is 0. The highest BCUT2D eigenvalue weighted by Crippen LogP contribution is 2.47. The summed E-state index contributed by atoms with van der Waals surface area (Å²) in [5.74, 6) is 1.08. The molecule has 0 unspecified atom stereocenters. The standard InChI is InChI=1S/C45H42B10N2/c46-38-36(39(47)41(49)42(50)40(38)48)24-19-17-23(18-20-24)35-27-11-3-5-13-29(27)37(30-14-6-4-12-28(30)35)31-21-22-33(26-10-2-1-9-25(26)31)57-34-16-8-7-15-32(34)56-43(57)44(51,52)45(53,54)55/h1-22H,46-55H2. The molecular weight excluding hydrogens is 677 g/mol. The van der Waals surface area contributed by atoms with Crippen LogP contribution in [0.4, 0.5) is 0 Å². The zero-order chi connectivity index (χ0) is 40.0. The van der Waals surface area contributed by atoms with Crippen LogP contribution >= 0.6 is 0 Å². The molecule has 57 heavy (non-hydrogen) atoms. The molecular formula is C45H42B10N2. The molecule has 0 N–H and O–H groups in total. The van der Waals surface area contributed by atoms with Crippen LogP contribution < -0.4 is 27.3 Å². The lowest BCUT2D eigenvalue weighted by Gasteiger charge is -2.39. The first kappa shape index (κ1) is 37.2. The number of hydrogen-bond acceptors (Lipinski definition) is 1. The summed E-state index contributed by atoms with van der Waals surface area (Å²) in [6.45, 7) is 0. The number of hydrogen-bond donors (Lipinski definition) is 0. The number of benzene rings is 8. The fourth-order valence-corrected chi connectivity index (χ4v) is 9.19. The Hall–Kier alpha value is -5.34. The molecule has 2 nitrogen and oxygen atoms in total. The van der Waals surface area contributed by atoms with Crippen LogP contribution in [0.25, 0.3) is 82.4 Å². The summed E-state index contributed by atoms with van der Waals surface area (Å²) in [6.07, 6.45) is 0. The van der Waals surface area contributed by atoms with Gasteiger partial charge in [-0.3, -0.25) is 4.57 Å². The van der Waals surface area contributed by atoms with Gasteiger partial charge < -0.3 is 0 Å². The molecule has 0 aliphatic carbocycles. The molecule has 0 amide bonds. The third kappa shape index (κ3) is 5.73. The van der Waals surface area contributed by atoms with Gasteiger partial charge in [-0.2, -0.15) is 0 Å². The molecule has 1 aromatic heterocycles. The number of aromatic nitrogens is 2. The smallest absolute Gasteiger partial charge is 0.139 e. The molecule has 0 aliphatic heterocycles. The van der Waals surface area contributed by atoms with Crippen molar-refractivity contribution in [3.63, 3.8) is 0 Å². The van der Waals surface area contributed by atoms with Crippen molar-refractivity contribution in [3.8, 4) is 39.1 Å². The molecule has 0 aliphatic rings. The van der Waals surface area contributed by atoms with Crippen molar-refractivity contribution < 1.29 is 0 Å². The summed E-state index contributed by atoms with van der Waals surface area (Å²) in [7, 11) is 22.9. The summed E-state index contributed by atoms with van der Waals surface area (Å²) < 4.78 is 2.43. The van der Waals surface area contributed by atoms with E-state index in [-0.39, 0.29) is 10.3 Å². The molecule has 8 aromatic carbocycles. The van der Waals surface area contributed by atoms with Gasteiger partial charge in [-0.05, 0) is 83.7 Å². The van der Waals surface area contributed by atoms with Crippen LogP contribution in [0.15, 0.2) is 133 Å². The Bertz CT molecular complexity index is 3010. The molecule has 9 aromatic rings. The summed E-state index contributed by atoms with van der Waals surface area (Å²) in [5, 5.41) is 7.26. The van der Waals surface area contributed by atoms with Gasteiger partial charge in [0.05, 0.1) is 40.3 Å². The van der Waals surface area contributed by atoms with E-state index in [1.54, 1.807) is 0 Å². The van der Waals surface area contributed by atoms with Crippen LogP contribution in [0.5, 0.6) is 0 Å². The van der Waals surface area contributed by atoms with Crippen molar-refractivity contribution in [3.05, 3.63) is 139 Å². The first-order valence-electron chi connectivity index (χ1n) is 20.4. The monoisotopic (exact) mass is 720 g/mol. The highest BCUT2D eigenvalue weighted by molar-refractivity contribution is 6.69. The first-order valence-corrected chi connectivity index (χ1v) is 20.4. The third-order valence-electron chi connectivity index (χ3n) is 13.8. The van der Waals surface area contributed by atoms with Crippen LogP contribution in [-0.4, -0.2) is 88.0 Å². The van der Waals surface area contributed by atoms with E-state index in [9.17, 15) is 0 Å². The normalized spacial score (nSPS) is 12.2. The van der Waals surface area contributed by atoms with Gasteiger partial charge in [-0.1, -0.05) is 126 Å². The van der Waals surface area contributed by atoms with Gasteiger partial charge in [0, 0.05) is 5.39 Å². The summed E-state index contributed by atoms with van der Waals surface area (Å²) in [5.41, 5.74) is 17.9. The van der Waals surface area contributed by atoms with Gasteiger partial charge in [0.15, 0.2) is 0 Å². The van der Waals surface area contributed by atoms with Gasteiger partial charge in [-0.15, -0.1) is 21.5 Å². The second-order valence-corrected chi connectivity index (χ2v) is 17.7. The van der Waals surface area contributed by atoms with Gasteiger partial charge >= 0.3 is 0 Å². The van der Waals surface area contributed by atoms with Gasteiger partial charge in [0.2, 0.25) is 0 Å². The minimum atomic E-state index is -0.206. The lowest BCUT2D eigenvalue weighted by atomic mass is 9.23. The lowest BCUT2D eigenvalue weighted by Crippen LogP contribution is -2.55. The molecule has 0 saturated heterocycles.